The number of fused-ring (bicyclic) bond motifs is 2. The molecule has 2 aromatic carbocycles. The van der Waals surface area contributed by atoms with E-state index < -0.39 is 17.6 Å². The number of phenolic OH excluding ortho intramolecular Hbond substituents is 1. The molecule has 0 saturated heterocycles. The first kappa shape index (κ1) is 46.8. The predicted molar refractivity (Wildman–Crippen MR) is 230 cm³/mol. The normalized spacial score (nSPS) is 12.5. The van der Waals surface area contributed by atoms with Crippen molar-refractivity contribution in [1.29, 1.82) is 0 Å². The highest BCUT2D eigenvalue weighted by Gasteiger charge is 2.25. The Kier molecular flexibility index (Phi) is 21.4. The number of rotatable bonds is 29. The van der Waals surface area contributed by atoms with Gasteiger partial charge in [-0.3, -0.25) is 4.79 Å². The van der Waals surface area contributed by atoms with Crippen molar-refractivity contribution in [3.8, 4) is 23.0 Å². The zero-order chi connectivity index (χ0) is 40.9. The summed E-state index contributed by atoms with van der Waals surface area (Å²) in [6.45, 7) is 14.7. The third kappa shape index (κ3) is 15.1. The lowest BCUT2D eigenvalue weighted by atomic mass is 9.98. The molecule has 0 saturated carbocycles. The van der Waals surface area contributed by atoms with E-state index in [1.165, 1.54) is 71.3 Å². The lowest BCUT2D eigenvalue weighted by molar-refractivity contribution is 0.104. The van der Waals surface area contributed by atoms with Gasteiger partial charge in [-0.05, 0) is 66.5 Å². The van der Waals surface area contributed by atoms with Crippen LogP contribution < -0.4 is 30.3 Å². The number of hydrogen-bond donors (Lipinski definition) is 5. The van der Waals surface area contributed by atoms with Crippen molar-refractivity contribution in [2.24, 2.45) is 0 Å². The highest BCUT2D eigenvalue weighted by Crippen LogP contribution is 2.41. The molecule has 2 atom stereocenters. The molecular weight excluding hydrogens is 709 g/mol. The van der Waals surface area contributed by atoms with Crippen LogP contribution in [0.4, 0.5) is 0 Å². The number of methoxy groups -OCH3 is 1. The molecule has 1 heterocycles. The summed E-state index contributed by atoms with van der Waals surface area (Å²) in [5.74, 6) is 0.825. The Labute approximate surface area is 335 Å². The molecule has 0 spiro atoms. The van der Waals surface area contributed by atoms with Crippen LogP contribution in [0.1, 0.15) is 130 Å². The minimum atomic E-state index is -0.779. The molecule has 0 aliphatic carbocycles. The second-order valence-electron chi connectivity index (χ2n) is 15.6. The number of aliphatic hydroxyl groups excluding tert-OH is 2. The molecule has 0 amide bonds. The lowest BCUT2D eigenvalue weighted by Crippen LogP contribution is -2.32. The number of aromatic hydroxyl groups is 1. The van der Waals surface area contributed by atoms with Gasteiger partial charge in [-0.25, -0.2) is 0 Å². The van der Waals surface area contributed by atoms with Gasteiger partial charge in [0.1, 0.15) is 53.5 Å². The Bertz CT molecular complexity index is 1740. The summed E-state index contributed by atoms with van der Waals surface area (Å²) in [6, 6.07) is 3.24. The van der Waals surface area contributed by atoms with Gasteiger partial charge in [-0.2, -0.15) is 0 Å². The Morgan fingerprint density at radius 2 is 1.16 bits per heavy atom. The zero-order valence-corrected chi connectivity index (χ0v) is 35.5. The molecule has 2 unspecified atom stereocenters. The summed E-state index contributed by atoms with van der Waals surface area (Å²) in [6.07, 6.45) is 17.5. The largest absolute Gasteiger partial charge is 0.507 e. The molecule has 0 fully saturated rings. The fourth-order valence-corrected chi connectivity index (χ4v) is 6.76. The van der Waals surface area contributed by atoms with Crippen molar-refractivity contribution < 1.29 is 33.9 Å². The number of benzene rings is 2. The van der Waals surface area contributed by atoms with Crippen LogP contribution in [-0.2, 0) is 12.8 Å². The second kappa shape index (κ2) is 25.6. The molecule has 0 aliphatic rings. The number of unbranched alkanes of at least 4 members (excludes halogenated alkanes) is 10. The van der Waals surface area contributed by atoms with E-state index in [1.807, 2.05) is 39.8 Å². The van der Waals surface area contributed by atoms with E-state index >= 15 is 0 Å². The Balaban J connectivity index is 1.92. The third-order valence-corrected chi connectivity index (χ3v) is 9.98. The number of nitrogens with one attached hydrogen (secondary N) is 2. The van der Waals surface area contributed by atoms with E-state index in [-0.39, 0.29) is 40.9 Å². The van der Waals surface area contributed by atoms with E-state index in [9.17, 15) is 20.1 Å². The number of allylic oxidation sites excluding steroid dienone is 4. The van der Waals surface area contributed by atoms with Crippen molar-refractivity contribution in [2.75, 3.05) is 46.5 Å². The van der Waals surface area contributed by atoms with Gasteiger partial charge in [-0.15, -0.1) is 0 Å². The molecule has 314 valence electrons. The van der Waals surface area contributed by atoms with E-state index in [0.29, 0.717) is 54.3 Å². The van der Waals surface area contributed by atoms with Crippen LogP contribution in [0.15, 0.2) is 44.6 Å². The van der Waals surface area contributed by atoms with Crippen LogP contribution in [-0.4, -0.2) is 74.0 Å². The van der Waals surface area contributed by atoms with Crippen molar-refractivity contribution in [1.82, 2.24) is 10.6 Å². The van der Waals surface area contributed by atoms with Crippen molar-refractivity contribution >= 4 is 21.9 Å². The maximum atomic E-state index is 14.5. The molecular formula is C46H72N2O8. The summed E-state index contributed by atoms with van der Waals surface area (Å²) in [4.78, 5) is 14.5. The molecule has 5 N–H and O–H groups in total. The monoisotopic (exact) mass is 781 g/mol. The smallest absolute Gasteiger partial charge is 0.204 e. The van der Waals surface area contributed by atoms with E-state index in [2.05, 4.69) is 24.5 Å². The van der Waals surface area contributed by atoms with Gasteiger partial charge >= 0.3 is 0 Å². The number of hydrogen-bond acceptors (Lipinski definition) is 10. The highest BCUT2D eigenvalue weighted by atomic mass is 16.5. The SMILES string of the molecule is CCCCCCCCNCC(O)COc1cc2oc3cc(OCC(O)CNCCCCCCCC)c(OC)c(CC=C(C)C)c3c(=O)c2c(O)c1CC=C(C)C. The van der Waals surface area contributed by atoms with Gasteiger partial charge in [0.15, 0.2) is 11.5 Å². The first-order chi connectivity index (χ1) is 27.0. The van der Waals surface area contributed by atoms with Gasteiger partial charge < -0.3 is 44.6 Å². The molecule has 3 rings (SSSR count). The average Bonchev–Trinajstić information content (AvgIpc) is 3.16. The standard InChI is InChI=1S/C46H72N2O8/c1-8-10-12-14-16-18-24-47-28-34(49)30-54-38-26-40-43(44(51)36(38)22-20-32(3)4)45(52)42-37(23-21-33(5)6)46(53-7)41(27-39(42)56-40)55-31-35(50)29-48-25-19-17-15-13-11-9-2/h20-21,26-27,34-35,47-51H,8-19,22-25,28-31H2,1-7H3. The maximum Gasteiger partial charge on any atom is 0.204 e. The maximum absolute atomic E-state index is 14.5. The molecule has 0 radical (unpaired) electrons. The first-order valence-electron chi connectivity index (χ1n) is 21.2. The van der Waals surface area contributed by atoms with E-state index in [1.54, 1.807) is 12.1 Å². The quantitative estimate of drug-likeness (QED) is 0.0263. The molecule has 3 aromatic rings. The predicted octanol–water partition coefficient (Wildman–Crippen LogP) is 9.06. The summed E-state index contributed by atoms with van der Waals surface area (Å²) in [5.41, 5.74) is 3.10. The highest BCUT2D eigenvalue weighted by molar-refractivity contribution is 5.98. The van der Waals surface area contributed by atoms with Gasteiger partial charge in [0, 0.05) is 36.3 Å². The Morgan fingerprint density at radius 1 is 0.696 bits per heavy atom. The molecule has 0 bridgehead atoms. The summed E-state index contributed by atoms with van der Waals surface area (Å²) in [7, 11) is 1.53. The molecule has 10 nitrogen and oxygen atoms in total. The summed E-state index contributed by atoms with van der Waals surface area (Å²) < 4.78 is 24.6. The minimum Gasteiger partial charge on any atom is -0.507 e. The zero-order valence-electron chi connectivity index (χ0n) is 35.5. The summed E-state index contributed by atoms with van der Waals surface area (Å²) in [5, 5.41) is 40.3. The lowest BCUT2D eigenvalue weighted by Gasteiger charge is -2.19. The van der Waals surface area contributed by atoms with Gasteiger partial charge in [-0.1, -0.05) is 101 Å². The average molecular weight is 781 g/mol. The topological polar surface area (TPSA) is 143 Å². The number of aliphatic hydroxyl groups is 2. The fraction of sp³-hybridized carbons (Fsp3) is 0.630. The molecule has 1 aromatic heterocycles. The molecule has 56 heavy (non-hydrogen) atoms. The van der Waals surface area contributed by atoms with E-state index in [0.717, 1.165) is 37.1 Å². The summed E-state index contributed by atoms with van der Waals surface area (Å²) >= 11 is 0. The second-order valence-corrected chi connectivity index (χ2v) is 15.6. The molecule has 10 heteroatoms. The molecule has 0 aliphatic heterocycles. The Morgan fingerprint density at radius 3 is 1.68 bits per heavy atom. The third-order valence-electron chi connectivity index (χ3n) is 9.98. The van der Waals surface area contributed by atoms with Gasteiger partial charge in [0.25, 0.3) is 0 Å². The van der Waals surface area contributed by atoms with Crippen LogP contribution in [0.3, 0.4) is 0 Å². The fourth-order valence-electron chi connectivity index (χ4n) is 6.76. The van der Waals surface area contributed by atoms with Crippen molar-refractivity contribution in [3.63, 3.8) is 0 Å². The van der Waals surface area contributed by atoms with Crippen molar-refractivity contribution in [2.45, 2.75) is 144 Å². The van der Waals surface area contributed by atoms with Crippen molar-refractivity contribution in [3.05, 3.63) is 56.8 Å². The number of phenols is 1. The van der Waals surface area contributed by atoms with E-state index in [4.69, 9.17) is 18.6 Å². The first-order valence-corrected chi connectivity index (χ1v) is 21.2. The van der Waals surface area contributed by atoms with Crippen LogP contribution in [0.25, 0.3) is 21.9 Å². The Hall–Kier alpha value is -3.57. The van der Waals surface area contributed by atoms with Crippen LogP contribution in [0.5, 0.6) is 23.0 Å². The van der Waals surface area contributed by atoms with Crippen LogP contribution >= 0.6 is 0 Å². The van der Waals surface area contributed by atoms with Gasteiger partial charge in [0.05, 0.1) is 12.5 Å². The minimum absolute atomic E-state index is 0.00768. The van der Waals surface area contributed by atoms with Crippen LogP contribution in [0, 0.1) is 0 Å². The van der Waals surface area contributed by atoms with Crippen LogP contribution in [0.2, 0.25) is 0 Å². The number of ether oxygens (including phenoxy) is 3. The van der Waals surface area contributed by atoms with Gasteiger partial charge in [0.2, 0.25) is 5.43 Å².